The maximum absolute atomic E-state index is 12.1. The number of rotatable bonds is 1. The largest absolute Gasteiger partial charge is 0.399 e. The minimum Gasteiger partial charge on any atom is -0.399 e. The van der Waals surface area contributed by atoms with E-state index in [0.717, 1.165) is 0 Å². The van der Waals surface area contributed by atoms with Gasteiger partial charge < -0.3 is 26.6 Å². The van der Waals surface area contributed by atoms with E-state index in [1.807, 2.05) is 0 Å². The van der Waals surface area contributed by atoms with Crippen LogP contribution in [0.25, 0.3) is 0 Å². The quantitative estimate of drug-likeness (QED) is 0.469. The first-order valence-electron chi connectivity index (χ1n) is 5.29. The summed E-state index contributed by atoms with van der Waals surface area (Å²) < 4.78 is 0. The van der Waals surface area contributed by atoms with Crippen LogP contribution in [0.15, 0.2) is 18.2 Å². The van der Waals surface area contributed by atoms with Gasteiger partial charge in [-0.3, -0.25) is 4.79 Å². The van der Waals surface area contributed by atoms with E-state index in [4.69, 9.17) is 11.5 Å². The Kier molecular flexibility index (Phi) is 2.91. The Balaban J connectivity index is 2.20. The number of nitrogen functional groups attached to an aromatic ring is 2. The summed E-state index contributed by atoms with van der Waals surface area (Å²) in [6.07, 6.45) is -1.79. The van der Waals surface area contributed by atoms with Gasteiger partial charge in [-0.1, -0.05) is 0 Å². The molecule has 92 valence electrons. The number of nitrogens with zero attached hydrogens (tertiary/aromatic N) is 1. The third-order valence-corrected chi connectivity index (χ3v) is 2.85. The molecule has 1 aromatic carbocycles. The number of hydrogen-bond acceptors (Lipinski definition) is 5. The number of likely N-dealkylation sites (tertiary alicyclic amines) is 1. The van der Waals surface area contributed by atoms with E-state index >= 15 is 0 Å². The zero-order chi connectivity index (χ0) is 12.6. The summed E-state index contributed by atoms with van der Waals surface area (Å²) in [5.41, 5.74) is 12.4. The molecule has 0 saturated carbocycles. The molecule has 1 heterocycles. The van der Waals surface area contributed by atoms with Crippen LogP contribution in [0.3, 0.4) is 0 Å². The molecule has 1 aliphatic rings. The second-order valence-electron chi connectivity index (χ2n) is 4.19. The third kappa shape index (κ3) is 2.17. The molecule has 1 saturated heterocycles. The molecule has 0 unspecified atom stereocenters. The van der Waals surface area contributed by atoms with Gasteiger partial charge in [0.2, 0.25) is 0 Å². The standard InChI is InChI=1S/C11H15N3O3/c12-6-1-2-7(8(13)3-6)11(17)14-4-9(15)10(16)5-14/h1-3,9-10,15-16H,4-5,12-13H2/t9-,10+. The molecule has 2 atom stereocenters. The predicted octanol–water partition coefficient (Wildman–Crippen LogP) is -0.971. The van der Waals surface area contributed by atoms with Crippen molar-refractivity contribution in [2.24, 2.45) is 0 Å². The van der Waals surface area contributed by atoms with Gasteiger partial charge >= 0.3 is 0 Å². The Morgan fingerprint density at radius 2 is 1.82 bits per heavy atom. The highest BCUT2D eigenvalue weighted by Crippen LogP contribution is 2.20. The van der Waals surface area contributed by atoms with Gasteiger partial charge in [0.05, 0.1) is 17.8 Å². The first-order valence-corrected chi connectivity index (χ1v) is 5.29. The molecule has 17 heavy (non-hydrogen) atoms. The smallest absolute Gasteiger partial charge is 0.256 e. The Labute approximate surface area is 98.4 Å². The van der Waals surface area contributed by atoms with E-state index in [0.29, 0.717) is 16.9 Å². The van der Waals surface area contributed by atoms with E-state index in [9.17, 15) is 15.0 Å². The lowest BCUT2D eigenvalue weighted by Crippen LogP contribution is -2.30. The molecular weight excluding hydrogens is 222 g/mol. The Bertz CT molecular complexity index is 440. The van der Waals surface area contributed by atoms with Crippen molar-refractivity contribution >= 4 is 17.3 Å². The number of benzene rings is 1. The molecule has 0 bridgehead atoms. The lowest BCUT2D eigenvalue weighted by molar-refractivity contribution is 0.0572. The summed E-state index contributed by atoms with van der Waals surface area (Å²) >= 11 is 0. The van der Waals surface area contributed by atoms with Crippen molar-refractivity contribution in [3.05, 3.63) is 23.8 Å². The molecule has 0 radical (unpaired) electrons. The number of amides is 1. The highest BCUT2D eigenvalue weighted by Gasteiger charge is 2.33. The summed E-state index contributed by atoms with van der Waals surface area (Å²) in [4.78, 5) is 13.4. The summed E-state index contributed by atoms with van der Waals surface area (Å²) in [6, 6.07) is 4.65. The van der Waals surface area contributed by atoms with Crippen molar-refractivity contribution in [2.45, 2.75) is 12.2 Å². The minimum atomic E-state index is -0.894. The SMILES string of the molecule is Nc1ccc(C(=O)N2C[C@@H](O)[C@@H](O)C2)c(N)c1. The molecule has 1 amide bonds. The fourth-order valence-corrected chi connectivity index (χ4v) is 1.88. The van der Waals surface area contributed by atoms with E-state index in [-0.39, 0.29) is 19.0 Å². The van der Waals surface area contributed by atoms with Gasteiger partial charge in [-0.15, -0.1) is 0 Å². The molecule has 6 N–H and O–H groups in total. The van der Waals surface area contributed by atoms with E-state index in [1.165, 1.54) is 11.0 Å². The van der Waals surface area contributed by atoms with Crippen LogP contribution in [-0.2, 0) is 0 Å². The molecule has 2 rings (SSSR count). The van der Waals surface area contributed by atoms with Crippen LogP contribution in [0.5, 0.6) is 0 Å². The molecule has 1 fully saturated rings. The van der Waals surface area contributed by atoms with E-state index < -0.39 is 12.2 Å². The molecule has 6 heteroatoms. The second-order valence-corrected chi connectivity index (χ2v) is 4.19. The van der Waals surface area contributed by atoms with Crippen LogP contribution in [0.4, 0.5) is 11.4 Å². The van der Waals surface area contributed by atoms with Crippen molar-refractivity contribution in [1.29, 1.82) is 0 Å². The van der Waals surface area contributed by atoms with Crippen molar-refractivity contribution in [1.82, 2.24) is 4.90 Å². The highest BCUT2D eigenvalue weighted by molar-refractivity contribution is 5.99. The van der Waals surface area contributed by atoms with Crippen LogP contribution < -0.4 is 11.5 Å². The number of aliphatic hydroxyl groups excluding tert-OH is 2. The van der Waals surface area contributed by atoms with Gasteiger partial charge in [0.15, 0.2) is 0 Å². The number of carbonyl (C=O) groups excluding carboxylic acids is 1. The van der Waals surface area contributed by atoms with Crippen molar-refractivity contribution in [3.8, 4) is 0 Å². The zero-order valence-electron chi connectivity index (χ0n) is 9.21. The topological polar surface area (TPSA) is 113 Å². The predicted molar refractivity (Wildman–Crippen MR) is 63.2 cm³/mol. The summed E-state index contributed by atoms with van der Waals surface area (Å²) in [5.74, 6) is -0.307. The highest BCUT2D eigenvalue weighted by atomic mass is 16.3. The Hall–Kier alpha value is -1.79. The number of nitrogens with two attached hydrogens (primary N) is 2. The molecule has 1 aliphatic heterocycles. The van der Waals surface area contributed by atoms with Crippen molar-refractivity contribution < 1.29 is 15.0 Å². The first kappa shape index (κ1) is 11.7. The van der Waals surface area contributed by atoms with Crippen molar-refractivity contribution in [2.75, 3.05) is 24.6 Å². The van der Waals surface area contributed by atoms with E-state index in [2.05, 4.69) is 0 Å². The number of hydrogen-bond donors (Lipinski definition) is 4. The fourth-order valence-electron chi connectivity index (χ4n) is 1.88. The number of aliphatic hydroxyl groups is 2. The third-order valence-electron chi connectivity index (χ3n) is 2.85. The maximum atomic E-state index is 12.1. The minimum absolute atomic E-state index is 0.115. The van der Waals surface area contributed by atoms with Gasteiger partial charge in [0.1, 0.15) is 0 Å². The van der Waals surface area contributed by atoms with Crippen LogP contribution in [-0.4, -0.2) is 46.3 Å². The van der Waals surface area contributed by atoms with Gasteiger partial charge in [-0.2, -0.15) is 0 Å². The molecule has 0 aromatic heterocycles. The average molecular weight is 237 g/mol. The molecule has 6 nitrogen and oxygen atoms in total. The van der Waals surface area contributed by atoms with Crippen LogP contribution in [0.2, 0.25) is 0 Å². The lowest BCUT2D eigenvalue weighted by Gasteiger charge is -2.16. The molecule has 1 aromatic rings. The van der Waals surface area contributed by atoms with Crippen LogP contribution >= 0.6 is 0 Å². The molecule has 0 aliphatic carbocycles. The second kappa shape index (κ2) is 4.23. The summed E-state index contributed by atoms with van der Waals surface area (Å²) in [7, 11) is 0. The monoisotopic (exact) mass is 237 g/mol. The molecule has 0 spiro atoms. The Morgan fingerprint density at radius 1 is 1.24 bits per heavy atom. The fraction of sp³-hybridized carbons (Fsp3) is 0.364. The average Bonchev–Trinajstić information content (AvgIpc) is 2.58. The van der Waals surface area contributed by atoms with Gasteiger partial charge in [0.25, 0.3) is 5.91 Å². The van der Waals surface area contributed by atoms with Crippen LogP contribution in [0.1, 0.15) is 10.4 Å². The number of carbonyl (C=O) groups is 1. The van der Waals surface area contributed by atoms with Gasteiger partial charge in [-0.05, 0) is 18.2 Å². The normalized spacial score (nSPS) is 24.0. The van der Waals surface area contributed by atoms with E-state index in [1.54, 1.807) is 12.1 Å². The summed E-state index contributed by atoms with van der Waals surface area (Å²) in [5, 5.41) is 18.8. The summed E-state index contributed by atoms with van der Waals surface area (Å²) in [6.45, 7) is 0.230. The zero-order valence-corrected chi connectivity index (χ0v) is 9.21. The number of anilines is 2. The maximum Gasteiger partial charge on any atom is 0.256 e. The molecular formula is C11H15N3O3. The van der Waals surface area contributed by atoms with Crippen molar-refractivity contribution in [3.63, 3.8) is 0 Å². The number of β-amino-alcohol motifs (C(OH)–C–C–N with tert-alkyl or cyclic N) is 2. The first-order chi connectivity index (χ1) is 7.99. The Morgan fingerprint density at radius 3 is 2.35 bits per heavy atom. The van der Waals surface area contributed by atoms with Crippen LogP contribution in [0, 0.1) is 0 Å². The lowest BCUT2D eigenvalue weighted by atomic mass is 10.1. The van der Waals surface area contributed by atoms with Gasteiger partial charge in [-0.25, -0.2) is 0 Å². The van der Waals surface area contributed by atoms with Gasteiger partial charge in [0, 0.05) is 24.5 Å².